The molecule has 0 radical (unpaired) electrons. The first-order valence-electron chi connectivity index (χ1n) is 11.3. The van der Waals surface area contributed by atoms with Crippen LogP contribution < -0.4 is 11.5 Å². The summed E-state index contributed by atoms with van der Waals surface area (Å²) in [4.78, 5) is 24.3. The topological polar surface area (TPSA) is 152 Å². The van der Waals surface area contributed by atoms with Crippen LogP contribution in [0.2, 0.25) is 0 Å². The van der Waals surface area contributed by atoms with E-state index in [4.69, 9.17) is 21.0 Å². The lowest BCUT2D eigenvalue weighted by atomic mass is 9.73. The first-order valence-corrected chi connectivity index (χ1v) is 11.3. The Kier molecular flexibility index (Phi) is 5.79. The van der Waals surface area contributed by atoms with Crippen LogP contribution in [0.15, 0.2) is 53.6 Å². The van der Waals surface area contributed by atoms with Gasteiger partial charge >= 0.3 is 0 Å². The number of carbonyl (C=O) groups excluding carboxylic acids is 1. The van der Waals surface area contributed by atoms with Gasteiger partial charge in [-0.1, -0.05) is 35.8 Å². The Balaban J connectivity index is 1.34. The van der Waals surface area contributed by atoms with Crippen LogP contribution in [-0.2, 0) is 11.2 Å². The van der Waals surface area contributed by atoms with Gasteiger partial charge in [0.1, 0.15) is 6.04 Å². The number of carbonyl (C=O) groups is 1. The van der Waals surface area contributed by atoms with Gasteiger partial charge in [-0.15, -0.1) is 0 Å². The van der Waals surface area contributed by atoms with E-state index in [0.29, 0.717) is 23.2 Å². The fourth-order valence-corrected chi connectivity index (χ4v) is 4.18. The van der Waals surface area contributed by atoms with Crippen LogP contribution in [0.25, 0.3) is 22.6 Å². The second kappa shape index (κ2) is 9.05. The van der Waals surface area contributed by atoms with Crippen LogP contribution in [0.5, 0.6) is 0 Å². The molecule has 174 valence electrons. The number of nitrogens with two attached hydrogens (primary N) is 2. The van der Waals surface area contributed by atoms with E-state index in [2.05, 4.69) is 44.5 Å². The predicted molar refractivity (Wildman–Crippen MR) is 125 cm³/mol. The molecule has 2 atom stereocenters. The molecule has 4 N–H and O–H groups in total. The highest BCUT2D eigenvalue weighted by atomic mass is 16.5. The van der Waals surface area contributed by atoms with Crippen molar-refractivity contribution in [3.8, 4) is 22.6 Å². The van der Waals surface area contributed by atoms with Crippen LogP contribution in [0, 0.1) is 5.92 Å². The first kappa shape index (κ1) is 21.7. The van der Waals surface area contributed by atoms with Crippen LogP contribution in [-0.4, -0.2) is 35.8 Å². The summed E-state index contributed by atoms with van der Waals surface area (Å²) in [5.41, 5.74) is 14.8. The number of aromatic nitrogens is 6. The van der Waals surface area contributed by atoms with Crippen LogP contribution in [0.4, 0.5) is 5.95 Å². The number of benzene rings is 1. The van der Waals surface area contributed by atoms with Gasteiger partial charge in [0.25, 0.3) is 5.89 Å². The Hall–Kier alpha value is -4.08. The van der Waals surface area contributed by atoms with Gasteiger partial charge in [0, 0.05) is 30.1 Å². The van der Waals surface area contributed by atoms with Gasteiger partial charge in [-0.05, 0) is 43.2 Å². The zero-order valence-electron chi connectivity index (χ0n) is 18.8. The largest absolute Gasteiger partial charge is 0.368 e. The molecule has 10 heteroatoms. The molecule has 4 aromatic rings. The van der Waals surface area contributed by atoms with Crippen molar-refractivity contribution in [1.82, 2.24) is 29.9 Å². The van der Waals surface area contributed by atoms with E-state index in [1.165, 1.54) is 16.7 Å². The molecule has 1 aromatic carbocycles. The van der Waals surface area contributed by atoms with Crippen molar-refractivity contribution in [3.05, 3.63) is 60.4 Å². The van der Waals surface area contributed by atoms with Crippen molar-refractivity contribution >= 4 is 11.9 Å². The molecule has 2 unspecified atom stereocenters. The van der Waals surface area contributed by atoms with E-state index >= 15 is 0 Å². The van der Waals surface area contributed by atoms with Crippen LogP contribution in [0.1, 0.15) is 49.5 Å². The average molecular weight is 459 g/mol. The standard InChI is InChI=1S/C24H26N8O2/c1-14(21(25)33)32-13-19(12-29-32)23-30-22(31-34-23)20(17-3-2-4-17)9-15-5-7-16(8-6-15)18-10-27-24(26)28-11-18/h5-8,10-14,17,20H,2-4,9H2,1H3,(H2,25,33)(H2,26,27,28). The minimum atomic E-state index is -0.554. The lowest BCUT2D eigenvalue weighted by Gasteiger charge is -2.32. The Bertz CT molecular complexity index is 1280. The highest BCUT2D eigenvalue weighted by Gasteiger charge is 2.32. The fraction of sp³-hybridized carbons (Fsp3) is 0.333. The molecule has 1 amide bonds. The lowest BCUT2D eigenvalue weighted by molar-refractivity contribution is -0.120. The number of rotatable bonds is 8. The zero-order valence-corrected chi connectivity index (χ0v) is 18.8. The number of nitrogen functional groups attached to an aromatic ring is 1. The minimum absolute atomic E-state index is 0.163. The lowest BCUT2D eigenvalue weighted by Crippen LogP contribution is -2.24. The molecule has 34 heavy (non-hydrogen) atoms. The van der Waals surface area contributed by atoms with Gasteiger partial charge in [-0.3, -0.25) is 9.48 Å². The Morgan fingerprint density at radius 1 is 1.12 bits per heavy atom. The maximum Gasteiger partial charge on any atom is 0.261 e. The highest BCUT2D eigenvalue weighted by Crippen LogP contribution is 2.41. The molecule has 0 saturated heterocycles. The summed E-state index contributed by atoms with van der Waals surface area (Å²) in [5.74, 6) is 1.58. The number of nitrogens with zero attached hydrogens (tertiary/aromatic N) is 6. The number of primary amides is 1. The third-order valence-electron chi connectivity index (χ3n) is 6.56. The molecule has 0 bridgehead atoms. The summed E-state index contributed by atoms with van der Waals surface area (Å²) >= 11 is 0. The molecular formula is C24H26N8O2. The maximum absolute atomic E-state index is 11.4. The number of hydrogen-bond donors (Lipinski definition) is 2. The first-order chi connectivity index (χ1) is 16.5. The highest BCUT2D eigenvalue weighted by molar-refractivity contribution is 5.77. The molecular weight excluding hydrogens is 432 g/mol. The molecule has 5 rings (SSSR count). The van der Waals surface area contributed by atoms with E-state index < -0.39 is 11.9 Å². The normalized spacial score (nSPS) is 15.6. The number of hydrogen-bond acceptors (Lipinski definition) is 8. The van der Waals surface area contributed by atoms with Gasteiger partial charge in [-0.2, -0.15) is 10.1 Å². The second-order valence-electron chi connectivity index (χ2n) is 8.77. The Morgan fingerprint density at radius 2 is 1.85 bits per heavy atom. The van der Waals surface area contributed by atoms with Crippen molar-refractivity contribution < 1.29 is 9.32 Å². The fourth-order valence-electron chi connectivity index (χ4n) is 4.18. The van der Waals surface area contributed by atoms with E-state index in [0.717, 1.165) is 30.4 Å². The molecule has 0 aliphatic heterocycles. The van der Waals surface area contributed by atoms with Gasteiger partial charge in [0.05, 0.1) is 11.8 Å². The van der Waals surface area contributed by atoms with Crippen LogP contribution >= 0.6 is 0 Å². The third-order valence-corrected chi connectivity index (χ3v) is 6.56. The van der Waals surface area contributed by atoms with Crippen molar-refractivity contribution in [2.24, 2.45) is 11.7 Å². The van der Waals surface area contributed by atoms with Crippen molar-refractivity contribution in [2.75, 3.05) is 5.73 Å². The van der Waals surface area contributed by atoms with E-state index in [9.17, 15) is 4.79 Å². The SMILES string of the molecule is CC(C(N)=O)n1cc(-c2nc(C(Cc3ccc(-c4cnc(N)nc4)cc3)C3CCC3)no2)cn1. The van der Waals surface area contributed by atoms with Crippen molar-refractivity contribution in [2.45, 2.75) is 44.6 Å². The predicted octanol–water partition coefficient (Wildman–Crippen LogP) is 3.15. The number of amides is 1. The molecule has 3 aromatic heterocycles. The maximum atomic E-state index is 11.4. The third kappa shape index (κ3) is 4.39. The smallest absolute Gasteiger partial charge is 0.261 e. The summed E-state index contributed by atoms with van der Waals surface area (Å²) in [6.07, 6.45) is 11.1. The minimum Gasteiger partial charge on any atom is -0.368 e. The molecule has 1 aliphatic rings. The Labute approximate surface area is 196 Å². The Morgan fingerprint density at radius 3 is 2.50 bits per heavy atom. The molecule has 3 heterocycles. The quantitative estimate of drug-likeness (QED) is 0.408. The van der Waals surface area contributed by atoms with Crippen molar-refractivity contribution in [3.63, 3.8) is 0 Å². The van der Waals surface area contributed by atoms with E-state index in [1.54, 1.807) is 31.7 Å². The summed E-state index contributed by atoms with van der Waals surface area (Å²) in [7, 11) is 0. The van der Waals surface area contributed by atoms with Crippen molar-refractivity contribution in [1.29, 1.82) is 0 Å². The van der Waals surface area contributed by atoms with Gasteiger partial charge < -0.3 is 16.0 Å². The monoisotopic (exact) mass is 458 g/mol. The van der Waals surface area contributed by atoms with E-state index in [-0.39, 0.29) is 11.9 Å². The molecule has 1 aliphatic carbocycles. The second-order valence-corrected chi connectivity index (χ2v) is 8.77. The van der Waals surface area contributed by atoms with Gasteiger partial charge in [-0.25, -0.2) is 9.97 Å². The van der Waals surface area contributed by atoms with Gasteiger partial charge in [0.2, 0.25) is 11.9 Å². The summed E-state index contributed by atoms with van der Waals surface area (Å²) in [6, 6.07) is 7.82. The van der Waals surface area contributed by atoms with Crippen LogP contribution in [0.3, 0.4) is 0 Å². The summed E-state index contributed by atoms with van der Waals surface area (Å²) in [6.45, 7) is 1.69. The number of anilines is 1. The molecule has 1 fully saturated rings. The molecule has 0 spiro atoms. The zero-order chi connectivity index (χ0) is 23.7. The molecule has 1 saturated carbocycles. The average Bonchev–Trinajstić information content (AvgIpc) is 3.48. The molecule has 10 nitrogen and oxygen atoms in total. The summed E-state index contributed by atoms with van der Waals surface area (Å²) in [5, 5.41) is 8.52. The van der Waals surface area contributed by atoms with E-state index in [1.807, 2.05) is 0 Å². The summed E-state index contributed by atoms with van der Waals surface area (Å²) < 4.78 is 7.07. The van der Waals surface area contributed by atoms with Gasteiger partial charge in [0.15, 0.2) is 5.82 Å².